The van der Waals surface area contributed by atoms with Crippen molar-refractivity contribution < 1.29 is 4.79 Å². The number of rotatable bonds is 4. The highest BCUT2D eigenvalue weighted by molar-refractivity contribution is 8.00. The summed E-state index contributed by atoms with van der Waals surface area (Å²) in [6, 6.07) is 22.5. The Morgan fingerprint density at radius 2 is 1.79 bits per heavy atom. The van der Waals surface area contributed by atoms with Crippen molar-refractivity contribution in [2.24, 2.45) is 0 Å². The van der Waals surface area contributed by atoms with E-state index in [0.29, 0.717) is 17.0 Å². The Bertz CT molecular complexity index is 1070. The van der Waals surface area contributed by atoms with Gasteiger partial charge in [0.05, 0.1) is 16.5 Å². The molecule has 0 aliphatic heterocycles. The van der Waals surface area contributed by atoms with Crippen molar-refractivity contribution in [3.63, 3.8) is 0 Å². The highest BCUT2D eigenvalue weighted by Crippen LogP contribution is 2.38. The van der Waals surface area contributed by atoms with E-state index in [1.807, 2.05) is 36.4 Å². The highest BCUT2D eigenvalue weighted by atomic mass is 32.2. The van der Waals surface area contributed by atoms with E-state index >= 15 is 0 Å². The molecule has 0 radical (unpaired) electrons. The predicted octanol–water partition coefficient (Wildman–Crippen LogP) is 6.20. The lowest BCUT2D eigenvalue weighted by atomic mass is 9.99. The summed E-state index contributed by atoms with van der Waals surface area (Å²) in [4.78, 5) is 17.3. The van der Waals surface area contributed by atoms with E-state index in [1.165, 1.54) is 17.3 Å². The summed E-state index contributed by atoms with van der Waals surface area (Å²) in [5.74, 6) is 0.272. The average Bonchev–Trinajstić information content (AvgIpc) is 2.76. The number of aromatic nitrogens is 1. The van der Waals surface area contributed by atoms with E-state index in [1.54, 1.807) is 0 Å². The second-order valence-corrected chi connectivity index (χ2v) is 8.59. The van der Waals surface area contributed by atoms with E-state index in [0.717, 1.165) is 41.6 Å². The summed E-state index contributed by atoms with van der Waals surface area (Å²) in [7, 11) is 0. The van der Waals surface area contributed by atoms with Crippen LogP contribution in [-0.4, -0.2) is 16.0 Å². The first-order chi connectivity index (χ1) is 14.2. The van der Waals surface area contributed by atoms with Gasteiger partial charge in [-0.25, -0.2) is 4.98 Å². The number of nitriles is 1. The fourth-order valence-electron chi connectivity index (χ4n) is 3.64. The number of nitrogens with zero attached hydrogens (tertiary/aromatic N) is 2. The molecule has 1 atom stereocenters. The third-order valence-electron chi connectivity index (χ3n) is 5.28. The quantitative estimate of drug-likeness (QED) is 0.525. The van der Waals surface area contributed by atoms with Gasteiger partial charge in [-0.15, -0.1) is 0 Å². The molecular formula is C25H22N2OS. The number of hydrogen-bond donors (Lipinski definition) is 0. The van der Waals surface area contributed by atoms with Gasteiger partial charge in [-0.05, 0) is 31.4 Å². The Morgan fingerprint density at radius 3 is 2.48 bits per heavy atom. The third-order valence-corrected chi connectivity index (χ3v) is 6.58. The van der Waals surface area contributed by atoms with Crippen LogP contribution in [0.4, 0.5) is 0 Å². The van der Waals surface area contributed by atoms with Gasteiger partial charge in [0.2, 0.25) is 0 Å². The van der Waals surface area contributed by atoms with E-state index in [-0.39, 0.29) is 11.0 Å². The summed E-state index contributed by atoms with van der Waals surface area (Å²) in [6.07, 6.45) is 3.50. The molecule has 0 spiro atoms. The van der Waals surface area contributed by atoms with E-state index < -0.39 is 0 Å². The summed E-state index contributed by atoms with van der Waals surface area (Å²) < 4.78 is 0. The van der Waals surface area contributed by atoms with Crippen LogP contribution in [0.1, 0.15) is 36.8 Å². The first kappa shape index (κ1) is 19.4. The van der Waals surface area contributed by atoms with E-state index in [4.69, 9.17) is 4.98 Å². The maximum atomic E-state index is 12.4. The minimum Gasteiger partial charge on any atom is -0.298 e. The lowest BCUT2D eigenvalue weighted by molar-refractivity contribution is -0.119. The highest BCUT2D eigenvalue weighted by Gasteiger charge is 2.26. The molecule has 29 heavy (non-hydrogen) atoms. The van der Waals surface area contributed by atoms with Crippen LogP contribution >= 0.6 is 11.8 Å². The van der Waals surface area contributed by atoms with Crippen LogP contribution in [0.2, 0.25) is 0 Å². The maximum absolute atomic E-state index is 12.4. The van der Waals surface area contributed by atoms with Crippen LogP contribution in [0, 0.1) is 18.3 Å². The second-order valence-electron chi connectivity index (χ2n) is 7.40. The first-order valence-corrected chi connectivity index (χ1v) is 10.8. The average molecular weight is 399 g/mol. The molecule has 4 heteroatoms. The fourth-order valence-corrected chi connectivity index (χ4v) is 4.87. The van der Waals surface area contributed by atoms with Gasteiger partial charge in [0.15, 0.2) is 0 Å². The molecule has 0 saturated heterocycles. The molecule has 4 rings (SSSR count). The monoisotopic (exact) mass is 398 g/mol. The normalized spacial score (nSPS) is 16.4. The number of thioether (sulfide) groups is 1. The molecule has 1 aliphatic carbocycles. The van der Waals surface area contributed by atoms with Crippen LogP contribution in [0.3, 0.4) is 0 Å². The summed E-state index contributed by atoms with van der Waals surface area (Å²) in [5, 5.41) is 10.5. The number of Topliss-reactive ketones (excluding diaryl/α,β-unsaturated/α-hetero) is 1. The minimum atomic E-state index is -0.111. The molecule has 0 amide bonds. The lowest BCUT2D eigenvalue weighted by Crippen LogP contribution is -2.21. The number of carbonyl (C=O) groups is 1. The van der Waals surface area contributed by atoms with Crippen LogP contribution in [0.25, 0.3) is 22.4 Å². The molecule has 0 unspecified atom stereocenters. The Kier molecular flexibility index (Phi) is 5.78. The smallest absolute Gasteiger partial charge is 0.146 e. The molecule has 3 aromatic rings. The predicted molar refractivity (Wildman–Crippen MR) is 118 cm³/mol. The largest absolute Gasteiger partial charge is 0.298 e. The van der Waals surface area contributed by atoms with Gasteiger partial charge in [-0.1, -0.05) is 78.3 Å². The van der Waals surface area contributed by atoms with Gasteiger partial charge >= 0.3 is 0 Å². The number of carbonyl (C=O) groups excluding carboxylic acids is 1. The molecule has 2 aromatic carbocycles. The van der Waals surface area contributed by atoms with E-state index in [9.17, 15) is 10.1 Å². The van der Waals surface area contributed by atoms with Crippen molar-refractivity contribution >= 4 is 17.5 Å². The van der Waals surface area contributed by atoms with Gasteiger partial charge < -0.3 is 0 Å². The van der Waals surface area contributed by atoms with Crippen molar-refractivity contribution in [3.05, 3.63) is 71.8 Å². The van der Waals surface area contributed by atoms with Crippen LogP contribution in [0.5, 0.6) is 0 Å². The lowest BCUT2D eigenvalue weighted by Gasteiger charge is -2.21. The standard InChI is InChI=1S/C25H22N2OS/c1-17-11-13-19(14-12-17)22-15-20(18-7-3-2-4-8-18)21(16-26)25(27-22)29-24-10-6-5-9-23(24)28/h2-4,7-8,11-15,24H,5-6,9-10H2,1H3/t24-/m0/s1. The van der Waals surface area contributed by atoms with Gasteiger partial charge in [0.25, 0.3) is 0 Å². The Morgan fingerprint density at radius 1 is 1.03 bits per heavy atom. The number of benzene rings is 2. The molecule has 1 fully saturated rings. The van der Waals surface area contributed by atoms with Crippen molar-refractivity contribution in [2.75, 3.05) is 0 Å². The molecule has 1 heterocycles. The van der Waals surface area contributed by atoms with Gasteiger partial charge in [-0.3, -0.25) is 4.79 Å². The number of aryl methyl sites for hydroxylation is 1. The topological polar surface area (TPSA) is 53.8 Å². The second kappa shape index (κ2) is 8.63. The SMILES string of the molecule is Cc1ccc(-c2cc(-c3ccccc3)c(C#N)c(S[C@H]3CCCCC3=O)n2)cc1. The van der Waals surface area contributed by atoms with Crippen molar-refractivity contribution in [2.45, 2.75) is 42.9 Å². The first-order valence-electron chi connectivity index (χ1n) is 9.92. The molecule has 3 nitrogen and oxygen atoms in total. The van der Waals surface area contributed by atoms with Crippen LogP contribution in [-0.2, 0) is 4.79 Å². The summed E-state index contributed by atoms with van der Waals surface area (Å²) in [6.45, 7) is 2.06. The zero-order chi connectivity index (χ0) is 20.2. The van der Waals surface area contributed by atoms with E-state index in [2.05, 4.69) is 37.3 Å². The molecule has 1 aromatic heterocycles. The Hall–Kier alpha value is -2.90. The van der Waals surface area contributed by atoms with Gasteiger partial charge in [0, 0.05) is 17.5 Å². The van der Waals surface area contributed by atoms with Crippen molar-refractivity contribution in [1.82, 2.24) is 4.98 Å². The van der Waals surface area contributed by atoms with Gasteiger partial charge in [0.1, 0.15) is 16.9 Å². The molecule has 1 aliphatic rings. The molecule has 0 bridgehead atoms. The summed E-state index contributed by atoms with van der Waals surface area (Å²) in [5.41, 5.74) is 5.42. The molecular weight excluding hydrogens is 376 g/mol. The Balaban J connectivity index is 1.85. The molecule has 144 valence electrons. The number of pyridine rings is 1. The minimum absolute atomic E-state index is 0.111. The van der Waals surface area contributed by atoms with Crippen LogP contribution in [0.15, 0.2) is 65.7 Å². The maximum Gasteiger partial charge on any atom is 0.146 e. The van der Waals surface area contributed by atoms with Crippen molar-refractivity contribution in [3.8, 4) is 28.5 Å². The number of hydrogen-bond acceptors (Lipinski definition) is 4. The Labute approximate surface area is 175 Å². The zero-order valence-corrected chi connectivity index (χ0v) is 17.2. The van der Waals surface area contributed by atoms with Crippen LogP contribution < -0.4 is 0 Å². The molecule has 0 N–H and O–H groups in total. The van der Waals surface area contributed by atoms with Crippen molar-refractivity contribution in [1.29, 1.82) is 5.26 Å². The number of ketones is 1. The molecule has 1 saturated carbocycles. The summed E-state index contributed by atoms with van der Waals surface area (Å²) >= 11 is 1.46. The zero-order valence-electron chi connectivity index (χ0n) is 16.4. The van der Waals surface area contributed by atoms with Gasteiger partial charge in [-0.2, -0.15) is 5.26 Å². The fraction of sp³-hybridized carbons (Fsp3) is 0.240. The third kappa shape index (κ3) is 4.26.